The molecule has 115 valence electrons. The first-order valence-corrected chi connectivity index (χ1v) is 5.96. The minimum absolute atomic E-state index is 0. The van der Waals surface area contributed by atoms with Gasteiger partial charge in [0.15, 0.2) is 6.29 Å². The van der Waals surface area contributed by atoms with Gasteiger partial charge in [-0.25, -0.2) is 0 Å². The molecule has 1 N–H and O–H groups in total. The van der Waals surface area contributed by atoms with Crippen molar-refractivity contribution in [3.8, 4) is 0 Å². The van der Waals surface area contributed by atoms with E-state index in [1.165, 1.54) is 0 Å². The van der Waals surface area contributed by atoms with E-state index >= 15 is 0 Å². The van der Waals surface area contributed by atoms with Gasteiger partial charge in [0.2, 0.25) is 0 Å². The first-order chi connectivity index (χ1) is 6.91. The van der Waals surface area contributed by atoms with Crippen LogP contribution in [0.15, 0.2) is 0 Å². The van der Waals surface area contributed by atoms with Crippen molar-refractivity contribution >= 4 is 37.2 Å². The Morgan fingerprint density at radius 1 is 1.06 bits per heavy atom. The molecule has 0 radical (unpaired) electrons. The molecule has 7 heteroatoms. The van der Waals surface area contributed by atoms with Crippen LogP contribution < -0.4 is 0 Å². The molecule has 0 aliphatic carbocycles. The molecule has 0 bridgehead atoms. The average Bonchev–Trinajstić information content (AvgIpc) is 2.20. The Labute approximate surface area is 139 Å². The van der Waals surface area contributed by atoms with Gasteiger partial charge in [-0.3, -0.25) is 0 Å². The number of aliphatic hydroxyl groups is 1. The van der Waals surface area contributed by atoms with E-state index in [0.717, 1.165) is 30.2 Å². The summed E-state index contributed by atoms with van der Waals surface area (Å²) < 4.78 is 13.6. The summed E-state index contributed by atoms with van der Waals surface area (Å²) in [5.41, 5.74) is -0.175. The summed E-state index contributed by atoms with van der Waals surface area (Å²) >= 11 is 1.06. The van der Waals surface area contributed by atoms with Crippen LogP contribution in [0, 0.1) is 11.3 Å². The van der Waals surface area contributed by atoms with Gasteiger partial charge >= 0.3 is 21.0 Å². The van der Waals surface area contributed by atoms with E-state index in [9.17, 15) is 5.11 Å². The average molecular weight is 365 g/mol. The van der Waals surface area contributed by atoms with Gasteiger partial charge in [-0.15, -0.1) is 37.2 Å². The topological polar surface area (TPSA) is 46.5 Å². The van der Waals surface area contributed by atoms with Crippen molar-refractivity contribution in [3.63, 3.8) is 0 Å². The first-order valence-electron chi connectivity index (χ1n) is 5.39. The van der Waals surface area contributed by atoms with Crippen LogP contribution in [0.5, 0.6) is 0 Å². The van der Waals surface area contributed by atoms with E-state index in [2.05, 4.69) is 13.8 Å². The van der Waals surface area contributed by atoms with Gasteiger partial charge in [0.1, 0.15) is 0 Å². The zero-order valence-corrected chi connectivity index (χ0v) is 15.6. The zero-order valence-electron chi connectivity index (χ0n) is 11.7. The van der Waals surface area contributed by atoms with Crippen molar-refractivity contribution < 1.29 is 30.9 Å². The van der Waals surface area contributed by atoms with Gasteiger partial charge in [-0.1, -0.05) is 47.5 Å². The maximum atomic E-state index is 9.60. The number of ether oxygens (including phenoxy) is 1. The van der Waals surface area contributed by atoms with Gasteiger partial charge in [-0.05, 0) is 5.92 Å². The van der Waals surface area contributed by atoms with Gasteiger partial charge in [-0.2, -0.15) is 0 Å². The Bertz CT molecular complexity index is 153. The fourth-order valence-electron chi connectivity index (χ4n) is 1.00. The molecule has 0 spiro atoms. The molecule has 0 heterocycles. The Morgan fingerprint density at radius 2 is 1.39 bits per heavy atom. The summed E-state index contributed by atoms with van der Waals surface area (Å²) in [6.07, 6.45) is 1.59. The third-order valence-electron chi connectivity index (χ3n) is 2.39. The van der Waals surface area contributed by atoms with Gasteiger partial charge in [0.05, 0.1) is 6.61 Å². The predicted molar refractivity (Wildman–Crippen MR) is 77.9 cm³/mol. The Balaban J connectivity index is -0.000000107. The molecule has 0 saturated carbocycles. The monoisotopic (exact) mass is 363 g/mol. The van der Waals surface area contributed by atoms with Crippen molar-refractivity contribution in [2.24, 2.45) is 11.3 Å². The van der Waals surface area contributed by atoms with Crippen LogP contribution in [0.4, 0.5) is 0 Å². The van der Waals surface area contributed by atoms with E-state index in [0.29, 0.717) is 12.5 Å². The van der Waals surface area contributed by atoms with Gasteiger partial charge < -0.3 is 9.84 Å². The summed E-state index contributed by atoms with van der Waals surface area (Å²) in [5, 5.41) is 9.60. The molecule has 0 aliphatic rings. The van der Waals surface area contributed by atoms with Crippen molar-refractivity contribution in [3.05, 3.63) is 0 Å². The Kier molecular flexibility index (Phi) is 31.8. The second-order valence-electron chi connectivity index (χ2n) is 4.73. The van der Waals surface area contributed by atoms with Crippen LogP contribution in [0.25, 0.3) is 0 Å². The number of rotatable bonds is 5. The van der Waals surface area contributed by atoms with Crippen LogP contribution in [0.3, 0.4) is 0 Å². The summed E-state index contributed by atoms with van der Waals surface area (Å²) in [6, 6.07) is 0. The first kappa shape index (κ1) is 31.5. The molecule has 3 nitrogen and oxygen atoms in total. The summed E-state index contributed by atoms with van der Waals surface area (Å²) in [6.45, 7) is 10.9. The van der Waals surface area contributed by atoms with E-state index in [-0.39, 0.29) is 42.6 Å². The predicted octanol–water partition coefficient (Wildman–Crippen LogP) is 3.95. The van der Waals surface area contributed by atoms with Crippen molar-refractivity contribution in [1.82, 2.24) is 0 Å². The maximum absolute atomic E-state index is 9.60. The summed E-state index contributed by atoms with van der Waals surface area (Å²) in [5.74, 6) is 0.581. The van der Waals surface area contributed by atoms with Gasteiger partial charge in [0, 0.05) is 5.41 Å². The normalized spacial score (nSPS) is 11.0. The molecule has 0 aromatic heterocycles. The van der Waals surface area contributed by atoms with Crippen LogP contribution in [0.2, 0.25) is 0 Å². The molecule has 0 rings (SSSR count). The summed E-state index contributed by atoms with van der Waals surface area (Å²) in [7, 11) is 0. The quantitative estimate of drug-likeness (QED) is 0.751. The van der Waals surface area contributed by atoms with Crippen LogP contribution >= 0.6 is 37.2 Å². The Morgan fingerprint density at radius 3 is 1.61 bits per heavy atom. The van der Waals surface area contributed by atoms with E-state index in [4.69, 9.17) is 8.41 Å². The third kappa shape index (κ3) is 17.2. The SMILES string of the molecule is CCC(CC)COC(O)C(C)(C)C.Cl.Cl.Cl.[O]=[V]. The third-order valence-corrected chi connectivity index (χ3v) is 2.39. The molecule has 1 atom stereocenters. The molecule has 18 heavy (non-hydrogen) atoms. The zero-order chi connectivity index (χ0) is 12.5. The number of hydrogen-bond donors (Lipinski definition) is 1. The Hall–Kier alpha value is 1.17. The molecular weight excluding hydrogens is 337 g/mol. The van der Waals surface area contributed by atoms with Crippen LogP contribution in [-0.4, -0.2) is 18.0 Å². The fourth-order valence-corrected chi connectivity index (χ4v) is 1.00. The van der Waals surface area contributed by atoms with Crippen molar-refractivity contribution in [2.75, 3.05) is 6.61 Å². The molecule has 0 aromatic rings. The van der Waals surface area contributed by atoms with Crippen LogP contribution in [0.1, 0.15) is 47.5 Å². The van der Waals surface area contributed by atoms with Crippen molar-refractivity contribution in [1.29, 1.82) is 0 Å². The number of aliphatic hydroxyl groups excluding tert-OH is 1. The molecular formula is C11H27Cl3O3V. The van der Waals surface area contributed by atoms with E-state index in [1.54, 1.807) is 0 Å². The van der Waals surface area contributed by atoms with E-state index < -0.39 is 6.29 Å². The molecule has 0 aliphatic heterocycles. The second kappa shape index (κ2) is 18.2. The molecule has 0 aromatic carbocycles. The fraction of sp³-hybridized carbons (Fsp3) is 1.00. The number of halogens is 3. The second-order valence-corrected chi connectivity index (χ2v) is 4.73. The molecule has 1 unspecified atom stereocenters. The van der Waals surface area contributed by atoms with E-state index in [1.807, 2.05) is 20.8 Å². The number of hydrogen-bond acceptors (Lipinski definition) is 3. The summed E-state index contributed by atoms with van der Waals surface area (Å²) in [4.78, 5) is 0. The van der Waals surface area contributed by atoms with Gasteiger partial charge in [0.25, 0.3) is 0 Å². The standard InChI is InChI=1S/C11H24O2.3ClH.O.V/c1-6-9(7-2)8-13-10(12)11(3,4)5;;;;;/h9-10,12H,6-8H2,1-5H3;3*1H;;. The molecule has 0 amide bonds. The minimum atomic E-state index is -0.645. The molecule has 0 fully saturated rings. The van der Waals surface area contributed by atoms with Crippen LogP contribution in [-0.2, 0) is 25.8 Å². The molecule has 0 saturated heterocycles. The van der Waals surface area contributed by atoms with Crippen molar-refractivity contribution in [2.45, 2.75) is 53.8 Å².